The van der Waals surface area contributed by atoms with E-state index in [0.717, 1.165) is 17.7 Å². The second-order valence-electron chi connectivity index (χ2n) is 5.33. The first-order valence-corrected chi connectivity index (χ1v) is 7.20. The molecular weight excluding hydrogens is 248 g/mol. The van der Waals surface area contributed by atoms with E-state index in [1.165, 1.54) is 5.56 Å². The molecule has 0 aromatic heterocycles. The molecule has 0 radical (unpaired) electrons. The maximum Gasteiger partial charge on any atom is 0.128 e. The van der Waals surface area contributed by atoms with Gasteiger partial charge >= 0.3 is 0 Å². The van der Waals surface area contributed by atoms with Gasteiger partial charge in [0.15, 0.2) is 0 Å². The summed E-state index contributed by atoms with van der Waals surface area (Å²) in [6, 6.07) is 18.5. The van der Waals surface area contributed by atoms with Gasteiger partial charge in [0.2, 0.25) is 0 Å². The summed E-state index contributed by atoms with van der Waals surface area (Å²) in [7, 11) is 0. The molecule has 1 fully saturated rings. The summed E-state index contributed by atoms with van der Waals surface area (Å²) in [6.45, 7) is 4.88. The van der Waals surface area contributed by atoms with Crippen LogP contribution in [0.2, 0.25) is 0 Å². The topological polar surface area (TPSA) is 21.8 Å². The lowest BCUT2D eigenvalue weighted by atomic mass is 10.0. The predicted molar refractivity (Wildman–Crippen MR) is 80.9 cm³/mol. The number of hydrogen-bond donors (Lipinski definition) is 0. The molecule has 20 heavy (non-hydrogen) atoms. The summed E-state index contributed by atoms with van der Waals surface area (Å²) in [5.41, 5.74) is 2.23. The normalized spacial score (nSPS) is 24.4. The molecular formula is C18H20O2. The van der Waals surface area contributed by atoms with Crippen LogP contribution in [0.5, 0.6) is 5.75 Å². The monoisotopic (exact) mass is 268 g/mol. The Labute approximate surface area is 120 Å². The molecule has 2 unspecified atom stereocenters. The van der Waals surface area contributed by atoms with E-state index in [2.05, 4.69) is 32.0 Å². The second kappa shape index (κ2) is 5.29. The third-order valence-corrected chi connectivity index (χ3v) is 4.14. The molecule has 1 aliphatic heterocycles. The van der Waals surface area contributed by atoms with E-state index in [9.17, 15) is 0 Å². The minimum Gasteiger partial charge on any atom is -0.490 e. The van der Waals surface area contributed by atoms with E-state index >= 15 is 0 Å². The summed E-state index contributed by atoms with van der Waals surface area (Å²) >= 11 is 0. The van der Waals surface area contributed by atoms with Crippen molar-refractivity contribution in [2.24, 2.45) is 0 Å². The average Bonchev–Trinajstić information content (AvgIpc) is 3.17. The molecule has 1 aliphatic rings. The average molecular weight is 268 g/mol. The minimum absolute atomic E-state index is 0.0796. The molecule has 2 aromatic carbocycles. The van der Waals surface area contributed by atoms with Crippen molar-refractivity contribution in [3.63, 3.8) is 0 Å². The van der Waals surface area contributed by atoms with E-state index < -0.39 is 0 Å². The fraction of sp³-hybridized carbons (Fsp3) is 0.333. The Balaban J connectivity index is 1.81. The van der Waals surface area contributed by atoms with E-state index in [0.29, 0.717) is 12.7 Å². The van der Waals surface area contributed by atoms with Crippen LogP contribution < -0.4 is 4.74 Å². The summed E-state index contributed by atoms with van der Waals surface area (Å²) < 4.78 is 11.8. The van der Waals surface area contributed by atoms with Crippen molar-refractivity contribution in [3.8, 4) is 16.9 Å². The van der Waals surface area contributed by atoms with Crippen LogP contribution in [-0.2, 0) is 4.74 Å². The van der Waals surface area contributed by atoms with Crippen LogP contribution in [-0.4, -0.2) is 18.3 Å². The SMILES string of the molecule is CCC1(COc2ccccc2-c2ccccc2)OC1C. The molecule has 2 atom stereocenters. The Kier molecular flexibility index (Phi) is 3.49. The molecule has 104 valence electrons. The number of epoxide rings is 1. The van der Waals surface area contributed by atoms with Crippen molar-refractivity contribution in [3.05, 3.63) is 54.6 Å². The van der Waals surface area contributed by atoms with Gasteiger partial charge in [0, 0.05) is 5.56 Å². The molecule has 3 rings (SSSR count). The number of hydrogen-bond acceptors (Lipinski definition) is 2. The first-order valence-electron chi connectivity index (χ1n) is 7.20. The van der Waals surface area contributed by atoms with Gasteiger partial charge in [0.1, 0.15) is 18.0 Å². The molecule has 1 saturated heterocycles. The third-order valence-electron chi connectivity index (χ3n) is 4.14. The second-order valence-corrected chi connectivity index (χ2v) is 5.33. The van der Waals surface area contributed by atoms with E-state index in [1.54, 1.807) is 0 Å². The Hall–Kier alpha value is -1.80. The number of rotatable bonds is 5. The van der Waals surface area contributed by atoms with Crippen LogP contribution in [0.4, 0.5) is 0 Å². The van der Waals surface area contributed by atoms with Crippen LogP contribution in [0.15, 0.2) is 54.6 Å². The van der Waals surface area contributed by atoms with Crippen LogP contribution in [0, 0.1) is 0 Å². The molecule has 2 aromatic rings. The van der Waals surface area contributed by atoms with Gasteiger partial charge < -0.3 is 9.47 Å². The summed E-state index contributed by atoms with van der Waals surface area (Å²) in [5.74, 6) is 0.925. The lowest BCUT2D eigenvalue weighted by molar-refractivity contribution is 0.185. The Morgan fingerprint density at radius 1 is 1.05 bits per heavy atom. The zero-order chi connectivity index (χ0) is 14.0. The Bertz CT molecular complexity index is 575. The van der Waals surface area contributed by atoms with E-state index in [1.807, 2.05) is 36.4 Å². The van der Waals surface area contributed by atoms with Gasteiger partial charge in [-0.2, -0.15) is 0 Å². The maximum atomic E-state index is 6.06. The van der Waals surface area contributed by atoms with Crippen LogP contribution in [0.3, 0.4) is 0 Å². The number of benzene rings is 2. The largest absolute Gasteiger partial charge is 0.490 e. The Morgan fingerprint density at radius 3 is 2.35 bits per heavy atom. The molecule has 2 heteroatoms. The van der Waals surface area contributed by atoms with Crippen LogP contribution in [0.25, 0.3) is 11.1 Å². The molecule has 0 amide bonds. The van der Waals surface area contributed by atoms with E-state index in [-0.39, 0.29) is 5.60 Å². The summed E-state index contributed by atoms with van der Waals surface area (Å²) in [6.07, 6.45) is 1.29. The standard InChI is InChI=1S/C18H20O2/c1-3-18(14(2)20-18)13-19-17-12-8-7-11-16(17)15-9-5-4-6-10-15/h4-12,14H,3,13H2,1-2H3. The van der Waals surface area contributed by atoms with Crippen molar-refractivity contribution in [1.29, 1.82) is 0 Å². The van der Waals surface area contributed by atoms with Crippen molar-refractivity contribution < 1.29 is 9.47 Å². The van der Waals surface area contributed by atoms with Gasteiger partial charge in [-0.05, 0) is 25.0 Å². The van der Waals surface area contributed by atoms with Gasteiger partial charge in [-0.1, -0.05) is 55.5 Å². The smallest absolute Gasteiger partial charge is 0.128 e. The lowest BCUT2D eigenvalue weighted by Gasteiger charge is -2.15. The molecule has 1 heterocycles. The maximum absolute atomic E-state index is 6.06. The van der Waals surface area contributed by atoms with Crippen molar-refractivity contribution >= 4 is 0 Å². The summed E-state index contributed by atoms with van der Waals surface area (Å²) in [5, 5.41) is 0. The quantitative estimate of drug-likeness (QED) is 0.754. The molecule has 0 spiro atoms. The fourth-order valence-electron chi connectivity index (χ4n) is 2.59. The predicted octanol–water partition coefficient (Wildman–Crippen LogP) is 4.30. The number of ether oxygens (including phenoxy) is 2. The van der Waals surface area contributed by atoms with Crippen molar-refractivity contribution in [1.82, 2.24) is 0 Å². The number of para-hydroxylation sites is 1. The van der Waals surface area contributed by atoms with Gasteiger partial charge in [-0.3, -0.25) is 0 Å². The zero-order valence-electron chi connectivity index (χ0n) is 12.0. The van der Waals surface area contributed by atoms with Crippen LogP contribution >= 0.6 is 0 Å². The van der Waals surface area contributed by atoms with Gasteiger partial charge in [0.05, 0.1) is 6.10 Å². The van der Waals surface area contributed by atoms with E-state index in [4.69, 9.17) is 9.47 Å². The first kappa shape index (κ1) is 13.2. The highest BCUT2D eigenvalue weighted by atomic mass is 16.6. The highest BCUT2D eigenvalue weighted by Gasteiger charge is 2.52. The van der Waals surface area contributed by atoms with Gasteiger partial charge in [-0.15, -0.1) is 0 Å². The van der Waals surface area contributed by atoms with Crippen molar-refractivity contribution in [2.75, 3.05) is 6.61 Å². The molecule has 0 aliphatic carbocycles. The molecule has 0 N–H and O–H groups in total. The zero-order valence-corrected chi connectivity index (χ0v) is 12.0. The van der Waals surface area contributed by atoms with Gasteiger partial charge in [0.25, 0.3) is 0 Å². The minimum atomic E-state index is -0.0796. The van der Waals surface area contributed by atoms with Gasteiger partial charge in [-0.25, -0.2) is 0 Å². The molecule has 0 bridgehead atoms. The lowest BCUT2D eigenvalue weighted by Crippen LogP contribution is -2.23. The van der Waals surface area contributed by atoms with Crippen molar-refractivity contribution in [2.45, 2.75) is 32.0 Å². The fourth-order valence-corrected chi connectivity index (χ4v) is 2.59. The highest BCUT2D eigenvalue weighted by molar-refractivity contribution is 5.70. The third kappa shape index (κ3) is 2.44. The van der Waals surface area contributed by atoms with Crippen LogP contribution in [0.1, 0.15) is 20.3 Å². The molecule has 0 saturated carbocycles. The summed E-state index contributed by atoms with van der Waals surface area (Å²) in [4.78, 5) is 0. The Morgan fingerprint density at radius 2 is 1.70 bits per heavy atom. The highest BCUT2D eigenvalue weighted by Crippen LogP contribution is 2.40. The first-order chi connectivity index (χ1) is 9.75. The molecule has 2 nitrogen and oxygen atoms in total.